The van der Waals surface area contributed by atoms with Crippen LogP contribution in [0.15, 0.2) is 47.6 Å². The summed E-state index contributed by atoms with van der Waals surface area (Å²) in [6.45, 7) is 12.0. The molecule has 0 N–H and O–H groups in total. The second-order valence-corrected chi connectivity index (χ2v) is 12.3. The van der Waals surface area contributed by atoms with E-state index < -0.39 is 28.5 Å². The quantitative estimate of drug-likeness (QED) is 0.278. The molecule has 5 rings (SSSR count). The minimum atomic E-state index is -0.585. The van der Waals surface area contributed by atoms with Crippen molar-refractivity contribution in [2.24, 2.45) is 10.8 Å². The molecule has 2 saturated heterocycles. The molecule has 8 atom stereocenters. The molecular formula is C32H44O8. The Morgan fingerprint density at radius 1 is 1.07 bits per heavy atom. The standard InChI is InChI=1S/C32H44O8/c1-6-14-35-23(4)24-9-7-8-10-28(33)40-25-18-27-32(20-38-32)30(25,5)31(13-11-21(2)16-26(31)39-27)19-37-29(34)17-22(3)12-15-36-24/h7-10,16-17,23-27H,6,11-15,18-20H2,1-5H3/b9-7+,10-8-,22-17+/t23-,24-,25-,26-,27-,30-,31-,32+/m1/s1. The Bertz CT molecular complexity index is 1100. The molecule has 0 aromatic rings. The van der Waals surface area contributed by atoms with Crippen molar-refractivity contribution < 1.29 is 38.0 Å². The maximum Gasteiger partial charge on any atom is 0.331 e. The van der Waals surface area contributed by atoms with Crippen molar-refractivity contribution in [3.8, 4) is 0 Å². The Morgan fingerprint density at radius 3 is 2.62 bits per heavy atom. The molecule has 40 heavy (non-hydrogen) atoms. The fraction of sp³-hybridized carbons (Fsp3) is 0.688. The van der Waals surface area contributed by atoms with Crippen LogP contribution < -0.4 is 0 Å². The summed E-state index contributed by atoms with van der Waals surface area (Å²) in [5.41, 5.74) is 0.418. The third-order valence-corrected chi connectivity index (χ3v) is 9.81. The Morgan fingerprint density at radius 2 is 1.88 bits per heavy atom. The van der Waals surface area contributed by atoms with E-state index in [0.717, 1.165) is 24.8 Å². The number of cyclic esters (lactones) is 1. The van der Waals surface area contributed by atoms with Crippen molar-refractivity contribution in [2.45, 2.75) is 103 Å². The molecule has 2 spiro atoms. The molecule has 0 amide bonds. The summed E-state index contributed by atoms with van der Waals surface area (Å²) in [6.07, 6.45) is 12.9. The minimum absolute atomic E-state index is 0.163. The average molecular weight is 557 g/mol. The fourth-order valence-electron chi connectivity index (χ4n) is 7.24. The summed E-state index contributed by atoms with van der Waals surface area (Å²) in [4.78, 5) is 26.2. The SMILES string of the molecule is CCCO[C@H](C)[C@H]1/C=C/C=C\C(=O)O[C@@H]2C[C@H]3O[C@@H]4C=C(C)CC[C@]4(COC(=O)/C=C(\C)CCO1)[C@]2(C)[C@]31CO1. The molecule has 220 valence electrons. The van der Waals surface area contributed by atoms with Crippen LogP contribution in [0.25, 0.3) is 0 Å². The normalized spacial score (nSPS) is 43.6. The molecule has 3 aliphatic heterocycles. The second kappa shape index (κ2) is 11.6. The maximum absolute atomic E-state index is 13.1. The number of ether oxygens (including phenoxy) is 6. The summed E-state index contributed by atoms with van der Waals surface area (Å²) >= 11 is 0. The van der Waals surface area contributed by atoms with Crippen molar-refractivity contribution >= 4 is 11.9 Å². The van der Waals surface area contributed by atoms with Gasteiger partial charge in [0.25, 0.3) is 0 Å². The van der Waals surface area contributed by atoms with E-state index in [0.29, 0.717) is 32.7 Å². The van der Waals surface area contributed by atoms with E-state index in [9.17, 15) is 9.59 Å². The Kier molecular flexibility index (Phi) is 8.44. The zero-order valence-electron chi connectivity index (χ0n) is 24.5. The van der Waals surface area contributed by atoms with Crippen LogP contribution in [0.2, 0.25) is 0 Å². The lowest BCUT2D eigenvalue weighted by Gasteiger charge is -2.58. The van der Waals surface area contributed by atoms with Crippen LogP contribution in [0.4, 0.5) is 0 Å². The van der Waals surface area contributed by atoms with E-state index in [1.165, 1.54) is 11.6 Å². The average Bonchev–Trinajstić information content (AvgIpc) is 3.70. The van der Waals surface area contributed by atoms with Gasteiger partial charge in [-0.1, -0.05) is 49.3 Å². The Hall–Kier alpha value is -2.26. The number of epoxide rings is 1. The molecule has 3 heterocycles. The van der Waals surface area contributed by atoms with Crippen molar-refractivity contribution in [2.75, 3.05) is 26.4 Å². The largest absolute Gasteiger partial charge is 0.462 e. The van der Waals surface area contributed by atoms with Gasteiger partial charge in [-0.2, -0.15) is 0 Å². The van der Waals surface area contributed by atoms with E-state index in [-0.39, 0.29) is 37.0 Å². The Balaban J connectivity index is 1.46. The van der Waals surface area contributed by atoms with Crippen LogP contribution in [-0.4, -0.2) is 74.5 Å². The molecule has 5 aliphatic rings. The molecular weight excluding hydrogens is 512 g/mol. The van der Waals surface area contributed by atoms with Crippen molar-refractivity contribution in [1.29, 1.82) is 0 Å². The van der Waals surface area contributed by atoms with E-state index in [1.807, 2.05) is 19.9 Å². The van der Waals surface area contributed by atoms with Gasteiger partial charge in [-0.05, 0) is 46.5 Å². The van der Waals surface area contributed by atoms with Crippen LogP contribution >= 0.6 is 0 Å². The number of carbonyl (C=O) groups excluding carboxylic acids is 2. The first-order valence-corrected chi connectivity index (χ1v) is 14.7. The number of carbonyl (C=O) groups is 2. The zero-order valence-corrected chi connectivity index (χ0v) is 24.5. The van der Waals surface area contributed by atoms with Gasteiger partial charge >= 0.3 is 11.9 Å². The van der Waals surface area contributed by atoms with Gasteiger partial charge in [0.15, 0.2) is 0 Å². The fourth-order valence-corrected chi connectivity index (χ4v) is 7.24. The highest BCUT2D eigenvalue weighted by Crippen LogP contribution is 2.72. The molecule has 0 aromatic heterocycles. The van der Waals surface area contributed by atoms with Gasteiger partial charge in [0, 0.05) is 30.6 Å². The van der Waals surface area contributed by atoms with E-state index >= 15 is 0 Å². The van der Waals surface area contributed by atoms with Crippen molar-refractivity contribution in [1.82, 2.24) is 0 Å². The van der Waals surface area contributed by atoms with Gasteiger partial charge in [-0.3, -0.25) is 0 Å². The van der Waals surface area contributed by atoms with Crippen molar-refractivity contribution in [3.05, 3.63) is 47.6 Å². The molecule has 2 bridgehead atoms. The zero-order chi connectivity index (χ0) is 28.5. The third-order valence-electron chi connectivity index (χ3n) is 9.81. The van der Waals surface area contributed by atoms with Crippen LogP contribution in [0.5, 0.6) is 0 Å². The number of allylic oxidation sites excluding steroid dienone is 3. The smallest absolute Gasteiger partial charge is 0.331 e. The minimum Gasteiger partial charge on any atom is -0.462 e. The first-order valence-electron chi connectivity index (χ1n) is 14.7. The lowest BCUT2D eigenvalue weighted by molar-refractivity contribution is -0.232. The van der Waals surface area contributed by atoms with E-state index in [1.54, 1.807) is 18.2 Å². The number of esters is 2. The first kappa shape index (κ1) is 29.2. The first-order chi connectivity index (χ1) is 19.1. The molecule has 1 saturated carbocycles. The van der Waals surface area contributed by atoms with Gasteiger partial charge < -0.3 is 28.4 Å². The van der Waals surface area contributed by atoms with Crippen LogP contribution in [0.1, 0.15) is 66.7 Å². The van der Waals surface area contributed by atoms with Gasteiger partial charge in [-0.15, -0.1) is 0 Å². The summed E-state index contributed by atoms with van der Waals surface area (Å²) in [7, 11) is 0. The molecule has 0 aromatic carbocycles. The Labute approximate surface area is 237 Å². The number of hydrogen-bond acceptors (Lipinski definition) is 8. The molecule has 0 radical (unpaired) electrons. The molecule has 8 nitrogen and oxygen atoms in total. The van der Waals surface area contributed by atoms with E-state index in [2.05, 4.69) is 26.8 Å². The topological polar surface area (TPSA) is 92.8 Å². The number of hydrogen-bond donors (Lipinski definition) is 0. The maximum atomic E-state index is 13.1. The predicted octanol–water partition coefficient (Wildman–Crippen LogP) is 4.78. The molecule has 8 heteroatoms. The summed E-state index contributed by atoms with van der Waals surface area (Å²) in [5.74, 6) is -0.807. The lowest BCUT2D eigenvalue weighted by atomic mass is 9.51. The highest BCUT2D eigenvalue weighted by molar-refractivity contribution is 5.83. The van der Waals surface area contributed by atoms with Crippen LogP contribution in [0, 0.1) is 10.8 Å². The third kappa shape index (κ3) is 5.13. The van der Waals surface area contributed by atoms with E-state index in [4.69, 9.17) is 28.4 Å². The van der Waals surface area contributed by atoms with Gasteiger partial charge in [0.1, 0.15) is 24.4 Å². The molecule has 3 fully saturated rings. The monoisotopic (exact) mass is 556 g/mol. The lowest BCUT2D eigenvalue weighted by Crippen LogP contribution is -2.66. The van der Waals surface area contributed by atoms with Gasteiger partial charge in [-0.25, -0.2) is 9.59 Å². The summed E-state index contributed by atoms with van der Waals surface area (Å²) < 4.78 is 37.0. The van der Waals surface area contributed by atoms with Crippen molar-refractivity contribution in [3.63, 3.8) is 0 Å². The highest BCUT2D eigenvalue weighted by atomic mass is 16.6. The second-order valence-electron chi connectivity index (χ2n) is 12.3. The van der Waals surface area contributed by atoms with Crippen LogP contribution in [0.3, 0.4) is 0 Å². The number of rotatable bonds is 4. The van der Waals surface area contributed by atoms with Crippen LogP contribution in [-0.2, 0) is 38.0 Å². The van der Waals surface area contributed by atoms with Gasteiger partial charge in [0.2, 0.25) is 0 Å². The summed E-state index contributed by atoms with van der Waals surface area (Å²) in [6, 6.07) is 0. The predicted molar refractivity (Wildman–Crippen MR) is 148 cm³/mol. The van der Waals surface area contributed by atoms with Gasteiger partial charge in [0.05, 0.1) is 36.9 Å². The molecule has 0 unspecified atom stereocenters. The molecule has 2 aliphatic carbocycles. The highest BCUT2D eigenvalue weighted by Gasteiger charge is 2.83. The summed E-state index contributed by atoms with van der Waals surface area (Å²) in [5, 5.41) is 0.